The Morgan fingerprint density at radius 3 is 2.40 bits per heavy atom. The molecule has 1 saturated carbocycles. The van der Waals surface area contributed by atoms with Gasteiger partial charge in [-0.1, -0.05) is 6.07 Å². The topological polar surface area (TPSA) is 35.8 Å². The summed E-state index contributed by atoms with van der Waals surface area (Å²) < 4.78 is 26.7. The van der Waals surface area contributed by atoms with Gasteiger partial charge in [-0.2, -0.15) is 5.26 Å². The van der Waals surface area contributed by atoms with Gasteiger partial charge in [-0.15, -0.1) is 0 Å². The molecule has 1 fully saturated rings. The number of nitrogens with zero attached hydrogens (tertiary/aromatic N) is 1. The van der Waals surface area contributed by atoms with Crippen molar-refractivity contribution in [3.8, 4) is 6.07 Å². The minimum atomic E-state index is -0.890. The molecule has 0 amide bonds. The molecule has 1 N–H and O–H groups in total. The lowest BCUT2D eigenvalue weighted by Crippen LogP contribution is -2.24. The summed E-state index contributed by atoms with van der Waals surface area (Å²) in [6.45, 7) is 0. The summed E-state index contributed by atoms with van der Waals surface area (Å²) in [5.41, 5.74) is -0.174. The standard InChI is InChI=1S/C11H10F2N2/c12-8-2-1-3-9(13)11(8)10(6-14)15-7-4-5-7/h1-3,7,10,15H,4-5H2. The summed E-state index contributed by atoms with van der Waals surface area (Å²) in [5.74, 6) is -1.34. The fourth-order valence-corrected chi connectivity index (χ4v) is 1.46. The van der Waals surface area contributed by atoms with Gasteiger partial charge in [0, 0.05) is 6.04 Å². The van der Waals surface area contributed by atoms with Crippen molar-refractivity contribution in [3.05, 3.63) is 35.4 Å². The molecule has 4 heteroatoms. The van der Waals surface area contributed by atoms with Gasteiger partial charge in [0.05, 0.1) is 11.6 Å². The monoisotopic (exact) mass is 208 g/mol. The van der Waals surface area contributed by atoms with E-state index in [0.29, 0.717) is 0 Å². The van der Waals surface area contributed by atoms with Crippen molar-refractivity contribution >= 4 is 0 Å². The summed E-state index contributed by atoms with van der Waals surface area (Å²) in [6, 6.07) is 4.84. The molecule has 0 saturated heterocycles. The molecule has 1 unspecified atom stereocenters. The average molecular weight is 208 g/mol. The first-order valence-electron chi connectivity index (χ1n) is 4.82. The predicted molar refractivity (Wildman–Crippen MR) is 50.9 cm³/mol. The number of halogens is 2. The molecule has 1 aliphatic rings. The van der Waals surface area contributed by atoms with Crippen molar-refractivity contribution in [2.24, 2.45) is 0 Å². The fraction of sp³-hybridized carbons (Fsp3) is 0.364. The van der Waals surface area contributed by atoms with Crippen LogP contribution in [0.3, 0.4) is 0 Å². The van der Waals surface area contributed by atoms with Gasteiger partial charge in [0.2, 0.25) is 0 Å². The van der Waals surface area contributed by atoms with Gasteiger partial charge in [-0.3, -0.25) is 5.32 Å². The summed E-state index contributed by atoms with van der Waals surface area (Å²) in [6.07, 6.45) is 1.93. The Labute approximate surface area is 86.5 Å². The zero-order valence-electron chi connectivity index (χ0n) is 8.00. The minimum Gasteiger partial charge on any atom is -0.295 e. The Morgan fingerprint density at radius 2 is 1.93 bits per heavy atom. The molecule has 0 aromatic heterocycles. The highest BCUT2D eigenvalue weighted by Gasteiger charge is 2.28. The number of nitrogens with one attached hydrogen (secondary N) is 1. The summed E-state index contributed by atoms with van der Waals surface area (Å²) in [5, 5.41) is 11.8. The minimum absolute atomic E-state index is 0.174. The lowest BCUT2D eigenvalue weighted by atomic mass is 10.1. The van der Waals surface area contributed by atoms with Gasteiger partial charge in [0.1, 0.15) is 17.7 Å². The van der Waals surface area contributed by atoms with E-state index in [2.05, 4.69) is 5.32 Å². The Morgan fingerprint density at radius 1 is 1.33 bits per heavy atom. The molecular formula is C11H10F2N2. The molecule has 0 heterocycles. The van der Waals surface area contributed by atoms with Crippen LogP contribution in [0.1, 0.15) is 24.4 Å². The van der Waals surface area contributed by atoms with E-state index >= 15 is 0 Å². The first kappa shape index (κ1) is 10.1. The molecule has 0 spiro atoms. The number of hydrogen-bond acceptors (Lipinski definition) is 2. The SMILES string of the molecule is N#CC(NC1CC1)c1c(F)cccc1F. The summed E-state index contributed by atoms with van der Waals surface area (Å²) >= 11 is 0. The van der Waals surface area contributed by atoms with E-state index in [9.17, 15) is 8.78 Å². The van der Waals surface area contributed by atoms with Crippen LogP contribution in [0, 0.1) is 23.0 Å². The quantitative estimate of drug-likeness (QED) is 0.827. The molecule has 0 aliphatic heterocycles. The highest BCUT2D eigenvalue weighted by Crippen LogP contribution is 2.26. The summed E-state index contributed by atoms with van der Waals surface area (Å²) in [4.78, 5) is 0. The fourth-order valence-electron chi connectivity index (χ4n) is 1.46. The van der Waals surface area contributed by atoms with Gasteiger partial charge in [-0.25, -0.2) is 8.78 Å². The number of nitriles is 1. The normalized spacial score (nSPS) is 17.1. The van der Waals surface area contributed by atoms with E-state index in [1.165, 1.54) is 6.07 Å². The molecular weight excluding hydrogens is 198 g/mol. The molecule has 0 bridgehead atoms. The number of rotatable bonds is 3. The Balaban J connectivity index is 2.28. The van der Waals surface area contributed by atoms with E-state index in [1.54, 1.807) is 0 Å². The highest BCUT2D eigenvalue weighted by atomic mass is 19.1. The van der Waals surface area contributed by atoms with Crippen LogP contribution >= 0.6 is 0 Å². The third-order valence-corrected chi connectivity index (χ3v) is 2.40. The molecule has 1 aromatic rings. The van der Waals surface area contributed by atoms with Crippen molar-refractivity contribution in [1.82, 2.24) is 5.32 Å². The van der Waals surface area contributed by atoms with Gasteiger partial charge >= 0.3 is 0 Å². The zero-order valence-corrected chi connectivity index (χ0v) is 8.00. The van der Waals surface area contributed by atoms with Crippen molar-refractivity contribution in [1.29, 1.82) is 5.26 Å². The van der Waals surface area contributed by atoms with E-state index < -0.39 is 17.7 Å². The number of hydrogen-bond donors (Lipinski definition) is 1. The van der Waals surface area contributed by atoms with Crippen molar-refractivity contribution < 1.29 is 8.78 Å². The predicted octanol–water partition coefficient (Wildman–Crippen LogP) is 2.28. The van der Waals surface area contributed by atoms with Crippen LogP contribution in [0.2, 0.25) is 0 Å². The molecule has 78 valence electrons. The molecule has 15 heavy (non-hydrogen) atoms. The van der Waals surface area contributed by atoms with Crippen LogP contribution in [0.25, 0.3) is 0 Å². The van der Waals surface area contributed by atoms with Crippen molar-refractivity contribution in [2.45, 2.75) is 24.9 Å². The first-order valence-corrected chi connectivity index (χ1v) is 4.82. The Kier molecular flexibility index (Phi) is 2.65. The van der Waals surface area contributed by atoms with Crippen LogP contribution in [0.4, 0.5) is 8.78 Å². The average Bonchev–Trinajstić information content (AvgIpc) is 2.99. The lowest BCUT2D eigenvalue weighted by Gasteiger charge is -2.12. The number of benzene rings is 1. The highest BCUT2D eigenvalue weighted by molar-refractivity contribution is 5.28. The van der Waals surface area contributed by atoms with Gasteiger partial charge in [0.25, 0.3) is 0 Å². The molecule has 0 radical (unpaired) electrons. The maximum Gasteiger partial charge on any atom is 0.131 e. The lowest BCUT2D eigenvalue weighted by molar-refractivity contribution is 0.513. The molecule has 2 nitrogen and oxygen atoms in total. The second-order valence-corrected chi connectivity index (χ2v) is 3.64. The maximum absolute atomic E-state index is 13.3. The largest absolute Gasteiger partial charge is 0.295 e. The van der Waals surface area contributed by atoms with E-state index in [1.807, 2.05) is 6.07 Å². The molecule has 1 atom stereocenters. The van der Waals surface area contributed by atoms with E-state index in [0.717, 1.165) is 25.0 Å². The molecule has 1 aliphatic carbocycles. The van der Waals surface area contributed by atoms with Gasteiger partial charge in [0.15, 0.2) is 0 Å². The Hall–Kier alpha value is -1.47. The Bertz CT molecular complexity index is 387. The second kappa shape index (κ2) is 3.95. The first-order chi connectivity index (χ1) is 7.22. The van der Waals surface area contributed by atoms with Crippen molar-refractivity contribution in [3.63, 3.8) is 0 Å². The van der Waals surface area contributed by atoms with E-state index in [-0.39, 0.29) is 11.6 Å². The van der Waals surface area contributed by atoms with Gasteiger partial charge in [-0.05, 0) is 25.0 Å². The third-order valence-electron chi connectivity index (χ3n) is 2.40. The van der Waals surface area contributed by atoms with Crippen LogP contribution in [0.15, 0.2) is 18.2 Å². The second-order valence-electron chi connectivity index (χ2n) is 3.64. The molecule has 1 aromatic carbocycles. The maximum atomic E-state index is 13.3. The molecule has 2 rings (SSSR count). The zero-order chi connectivity index (χ0) is 10.8. The van der Waals surface area contributed by atoms with Crippen LogP contribution in [0.5, 0.6) is 0 Å². The van der Waals surface area contributed by atoms with Crippen molar-refractivity contribution in [2.75, 3.05) is 0 Å². The smallest absolute Gasteiger partial charge is 0.131 e. The van der Waals surface area contributed by atoms with Crippen LogP contribution in [-0.2, 0) is 0 Å². The van der Waals surface area contributed by atoms with Gasteiger partial charge < -0.3 is 0 Å². The van der Waals surface area contributed by atoms with Crippen LogP contribution < -0.4 is 5.32 Å². The summed E-state index contributed by atoms with van der Waals surface area (Å²) in [7, 11) is 0. The van der Waals surface area contributed by atoms with E-state index in [4.69, 9.17) is 5.26 Å². The van der Waals surface area contributed by atoms with Crippen LogP contribution in [-0.4, -0.2) is 6.04 Å². The third kappa shape index (κ3) is 2.13.